The average Bonchev–Trinajstić information content (AvgIpc) is 3.77. The standard InChI is InChI=1S/C39H37N5O7/c1-47-29-18-14-27(15-19-29)39(26-12-8-5-9-13-26,28-16-20-30(48-2)21-17-28)50-22-31-33(45)34(49-3)38(51-31)44-24-42-32-35(40-23-41-36(32)44)43-37(46)25-10-6-4-7-11-25/h4-21,23-24,31,33-34,38,45H,22H2,1-3H3,(H,40,41,43,46)/t31-,33?,34?,38-/m1/s1. The first kappa shape index (κ1) is 33.8. The quantitative estimate of drug-likeness (QED) is 0.161. The molecule has 0 aliphatic carbocycles. The number of hydrogen-bond acceptors (Lipinski definition) is 10. The Morgan fingerprint density at radius 2 is 1.39 bits per heavy atom. The first-order valence-corrected chi connectivity index (χ1v) is 16.4. The minimum atomic E-state index is -1.12. The summed E-state index contributed by atoms with van der Waals surface area (Å²) in [5.74, 6) is 1.32. The van der Waals surface area contributed by atoms with E-state index in [2.05, 4.69) is 20.3 Å². The molecule has 2 aromatic heterocycles. The van der Waals surface area contributed by atoms with Crippen molar-refractivity contribution in [2.75, 3.05) is 33.3 Å². The van der Waals surface area contributed by atoms with Crippen molar-refractivity contribution in [3.05, 3.63) is 144 Å². The Kier molecular flexibility index (Phi) is 9.73. The van der Waals surface area contributed by atoms with Crippen molar-refractivity contribution in [2.45, 2.75) is 30.1 Å². The predicted octanol–water partition coefficient (Wildman–Crippen LogP) is 5.38. The second-order valence-corrected chi connectivity index (χ2v) is 11.9. The number of aliphatic hydroxyl groups is 1. The number of benzene rings is 4. The lowest BCUT2D eigenvalue weighted by molar-refractivity contribution is -0.0948. The van der Waals surface area contributed by atoms with E-state index in [0.717, 1.165) is 16.7 Å². The summed E-state index contributed by atoms with van der Waals surface area (Å²) in [6, 6.07) is 34.1. The maximum absolute atomic E-state index is 12.9. The largest absolute Gasteiger partial charge is 0.497 e. The molecule has 4 atom stereocenters. The number of imidazole rings is 1. The molecule has 1 saturated heterocycles. The van der Waals surface area contributed by atoms with Gasteiger partial charge in [0.1, 0.15) is 41.7 Å². The number of rotatable bonds is 12. The van der Waals surface area contributed by atoms with Crippen LogP contribution in [-0.2, 0) is 19.8 Å². The number of carbonyl (C=O) groups excluding carboxylic acids is 1. The van der Waals surface area contributed by atoms with Crippen LogP contribution in [0.15, 0.2) is 122 Å². The van der Waals surface area contributed by atoms with E-state index in [4.69, 9.17) is 23.7 Å². The van der Waals surface area contributed by atoms with Crippen LogP contribution >= 0.6 is 0 Å². The molecule has 0 bridgehead atoms. The Morgan fingerprint density at radius 3 is 1.98 bits per heavy atom. The summed E-state index contributed by atoms with van der Waals surface area (Å²) in [7, 11) is 4.76. The van der Waals surface area contributed by atoms with E-state index in [-0.39, 0.29) is 18.3 Å². The van der Waals surface area contributed by atoms with Crippen LogP contribution in [-0.4, -0.2) is 76.8 Å². The maximum Gasteiger partial charge on any atom is 0.256 e. The molecule has 2 unspecified atom stereocenters. The molecule has 4 aromatic carbocycles. The zero-order valence-electron chi connectivity index (χ0n) is 28.2. The zero-order chi connectivity index (χ0) is 35.4. The van der Waals surface area contributed by atoms with Gasteiger partial charge in [0.05, 0.1) is 27.2 Å². The molecule has 0 spiro atoms. The second-order valence-electron chi connectivity index (χ2n) is 11.9. The number of aromatic nitrogens is 4. The normalized spacial score (nSPS) is 18.8. The van der Waals surface area contributed by atoms with Crippen LogP contribution in [0.2, 0.25) is 0 Å². The van der Waals surface area contributed by atoms with E-state index >= 15 is 0 Å². The number of ether oxygens (including phenoxy) is 5. The summed E-state index contributed by atoms with van der Waals surface area (Å²) in [4.78, 5) is 26.2. The highest BCUT2D eigenvalue weighted by Crippen LogP contribution is 2.43. The van der Waals surface area contributed by atoms with E-state index in [1.165, 1.54) is 19.8 Å². The molecule has 12 heteroatoms. The van der Waals surface area contributed by atoms with E-state index in [1.807, 2.05) is 84.9 Å². The number of methoxy groups -OCH3 is 3. The van der Waals surface area contributed by atoms with Crippen molar-refractivity contribution >= 4 is 22.9 Å². The molecule has 1 amide bonds. The van der Waals surface area contributed by atoms with Gasteiger partial charge in [0.25, 0.3) is 5.91 Å². The highest BCUT2D eigenvalue weighted by molar-refractivity contribution is 6.06. The molecule has 260 valence electrons. The molecule has 6 aromatic rings. The van der Waals surface area contributed by atoms with Crippen molar-refractivity contribution in [1.82, 2.24) is 19.5 Å². The molecule has 0 saturated carbocycles. The molecule has 1 aliphatic rings. The van der Waals surface area contributed by atoms with Gasteiger partial charge in [-0.2, -0.15) is 0 Å². The smallest absolute Gasteiger partial charge is 0.256 e. The lowest BCUT2D eigenvalue weighted by atomic mass is 9.80. The number of nitrogens with one attached hydrogen (secondary N) is 1. The van der Waals surface area contributed by atoms with Gasteiger partial charge in [0.15, 0.2) is 23.2 Å². The van der Waals surface area contributed by atoms with Gasteiger partial charge in [-0.3, -0.25) is 9.36 Å². The third-order valence-electron chi connectivity index (χ3n) is 9.12. The molecule has 51 heavy (non-hydrogen) atoms. The van der Waals surface area contributed by atoms with E-state index in [9.17, 15) is 9.90 Å². The fourth-order valence-electron chi connectivity index (χ4n) is 6.52. The number of carbonyl (C=O) groups is 1. The summed E-state index contributed by atoms with van der Waals surface area (Å²) in [6.07, 6.45) is -0.668. The molecule has 1 aliphatic heterocycles. The van der Waals surface area contributed by atoms with Gasteiger partial charge in [0.2, 0.25) is 0 Å². The highest BCUT2D eigenvalue weighted by atomic mass is 16.6. The lowest BCUT2D eigenvalue weighted by Crippen LogP contribution is -2.40. The van der Waals surface area contributed by atoms with Gasteiger partial charge in [-0.1, -0.05) is 72.8 Å². The van der Waals surface area contributed by atoms with Crippen molar-refractivity contribution in [2.24, 2.45) is 0 Å². The molecule has 3 heterocycles. The number of amides is 1. The molecular formula is C39H37N5O7. The second kappa shape index (κ2) is 14.7. The summed E-state index contributed by atoms with van der Waals surface area (Å²) >= 11 is 0. The Morgan fingerprint density at radius 1 is 0.804 bits per heavy atom. The Balaban J connectivity index is 1.22. The van der Waals surface area contributed by atoms with Crippen LogP contribution in [0.1, 0.15) is 33.3 Å². The summed E-state index contributed by atoms with van der Waals surface area (Å²) in [5, 5.41) is 14.5. The van der Waals surface area contributed by atoms with Crippen LogP contribution < -0.4 is 14.8 Å². The van der Waals surface area contributed by atoms with Gasteiger partial charge in [-0.05, 0) is 53.1 Å². The van der Waals surface area contributed by atoms with Crippen LogP contribution in [0, 0.1) is 0 Å². The third kappa shape index (κ3) is 6.41. The van der Waals surface area contributed by atoms with E-state index in [0.29, 0.717) is 28.2 Å². The fraction of sp³-hybridized carbons (Fsp3) is 0.231. The van der Waals surface area contributed by atoms with Crippen molar-refractivity contribution < 1.29 is 33.6 Å². The zero-order valence-corrected chi connectivity index (χ0v) is 28.2. The number of fused-ring (bicyclic) bond motifs is 1. The Hall–Kier alpha value is -5.66. The first-order valence-electron chi connectivity index (χ1n) is 16.4. The summed E-state index contributed by atoms with van der Waals surface area (Å²) < 4.78 is 32.0. The average molecular weight is 688 g/mol. The molecule has 12 nitrogen and oxygen atoms in total. The van der Waals surface area contributed by atoms with Gasteiger partial charge in [-0.25, -0.2) is 15.0 Å². The van der Waals surface area contributed by atoms with Gasteiger partial charge in [-0.15, -0.1) is 0 Å². The van der Waals surface area contributed by atoms with Crippen molar-refractivity contribution in [1.29, 1.82) is 0 Å². The molecule has 7 rings (SSSR count). The SMILES string of the molecule is COc1ccc(C(OC[C@H]2O[C@@H](n3cnc4c(NC(=O)c5ccccc5)ncnc43)C(OC)C2O)(c2ccccc2)c2ccc(OC)cc2)cc1. The summed E-state index contributed by atoms with van der Waals surface area (Å²) in [5.41, 5.74) is 2.66. The number of nitrogens with zero attached hydrogens (tertiary/aromatic N) is 4. The van der Waals surface area contributed by atoms with Crippen molar-refractivity contribution in [3.63, 3.8) is 0 Å². The van der Waals surface area contributed by atoms with Crippen LogP contribution in [0.4, 0.5) is 5.82 Å². The molecule has 1 fully saturated rings. The van der Waals surface area contributed by atoms with E-state index < -0.39 is 30.1 Å². The minimum Gasteiger partial charge on any atom is -0.497 e. The van der Waals surface area contributed by atoms with Gasteiger partial charge >= 0.3 is 0 Å². The lowest BCUT2D eigenvalue weighted by Gasteiger charge is -2.37. The van der Waals surface area contributed by atoms with Crippen LogP contribution in [0.5, 0.6) is 11.5 Å². The maximum atomic E-state index is 12.9. The number of anilines is 1. The Bertz CT molecular complexity index is 2030. The molecule has 2 N–H and O–H groups in total. The van der Waals surface area contributed by atoms with Crippen molar-refractivity contribution in [3.8, 4) is 11.5 Å². The van der Waals surface area contributed by atoms with Gasteiger partial charge < -0.3 is 34.1 Å². The molecular weight excluding hydrogens is 650 g/mol. The minimum absolute atomic E-state index is 0.0233. The van der Waals surface area contributed by atoms with Gasteiger partial charge in [0, 0.05) is 12.7 Å². The fourth-order valence-corrected chi connectivity index (χ4v) is 6.52. The Labute approximate surface area is 294 Å². The van der Waals surface area contributed by atoms with E-state index in [1.54, 1.807) is 43.1 Å². The monoisotopic (exact) mass is 687 g/mol. The first-order chi connectivity index (χ1) is 25.0. The third-order valence-corrected chi connectivity index (χ3v) is 9.12. The van der Waals surface area contributed by atoms with Crippen LogP contribution in [0.25, 0.3) is 11.2 Å². The topological polar surface area (TPSA) is 139 Å². The number of hydrogen-bond donors (Lipinski definition) is 2. The summed E-state index contributed by atoms with van der Waals surface area (Å²) in [6.45, 7) is -0.0233. The predicted molar refractivity (Wildman–Crippen MR) is 189 cm³/mol. The van der Waals surface area contributed by atoms with Crippen LogP contribution in [0.3, 0.4) is 0 Å². The highest BCUT2D eigenvalue weighted by Gasteiger charge is 2.48. The number of aliphatic hydroxyl groups excluding tert-OH is 1. The molecule has 0 radical (unpaired) electrons.